The Morgan fingerprint density at radius 3 is 2.74 bits per heavy atom. The van der Waals surface area contributed by atoms with E-state index < -0.39 is 0 Å². The fourth-order valence-corrected chi connectivity index (χ4v) is 3.24. The molecule has 1 aliphatic heterocycles. The van der Waals surface area contributed by atoms with E-state index in [1.807, 2.05) is 18.2 Å². The van der Waals surface area contributed by atoms with Crippen LogP contribution in [0.5, 0.6) is 0 Å². The quantitative estimate of drug-likeness (QED) is 0.704. The number of piperidine rings is 1. The van der Waals surface area contributed by atoms with Crippen LogP contribution < -0.4 is 16.0 Å². The summed E-state index contributed by atoms with van der Waals surface area (Å²) < 4.78 is 0. The number of carbonyl (C=O) groups is 2. The van der Waals surface area contributed by atoms with Crippen molar-refractivity contribution in [2.24, 2.45) is 5.92 Å². The van der Waals surface area contributed by atoms with Crippen LogP contribution in [0.25, 0.3) is 0 Å². The fourth-order valence-electron chi connectivity index (χ4n) is 3.24. The normalized spacial score (nSPS) is 14.5. The highest BCUT2D eigenvalue weighted by atomic mass is 16.2. The van der Waals surface area contributed by atoms with Gasteiger partial charge in [-0.15, -0.1) is 0 Å². The molecule has 0 unspecified atom stereocenters. The summed E-state index contributed by atoms with van der Waals surface area (Å²) in [6.45, 7) is 2.45. The lowest BCUT2D eigenvalue weighted by molar-refractivity contribution is -0.116. The smallest absolute Gasteiger partial charge is 0.251 e. The fraction of sp³-hybridized carbons (Fsp3) is 0.381. The van der Waals surface area contributed by atoms with Gasteiger partial charge in [0.1, 0.15) is 0 Å². The van der Waals surface area contributed by atoms with Crippen molar-refractivity contribution in [2.75, 3.05) is 18.4 Å². The first-order valence-electron chi connectivity index (χ1n) is 9.49. The van der Waals surface area contributed by atoms with E-state index in [0.29, 0.717) is 30.1 Å². The molecule has 3 N–H and O–H groups in total. The maximum Gasteiger partial charge on any atom is 0.251 e. The second kappa shape index (κ2) is 9.83. The lowest BCUT2D eigenvalue weighted by Gasteiger charge is -2.22. The maximum absolute atomic E-state index is 12.3. The van der Waals surface area contributed by atoms with Gasteiger partial charge in [-0.3, -0.25) is 14.6 Å². The van der Waals surface area contributed by atoms with Crippen molar-refractivity contribution < 1.29 is 9.59 Å². The van der Waals surface area contributed by atoms with Gasteiger partial charge in [0.05, 0.1) is 12.2 Å². The molecule has 1 aromatic heterocycles. The lowest BCUT2D eigenvalue weighted by Crippen LogP contribution is -2.28. The number of hydrogen-bond donors (Lipinski definition) is 3. The first kappa shape index (κ1) is 19.0. The molecule has 0 aliphatic carbocycles. The zero-order chi connectivity index (χ0) is 18.9. The Labute approximate surface area is 159 Å². The molecule has 6 nitrogen and oxygen atoms in total. The Morgan fingerprint density at radius 2 is 1.96 bits per heavy atom. The predicted molar refractivity (Wildman–Crippen MR) is 105 cm³/mol. The minimum absolute atomic E-state index is 0.000392. The monoisotopic (exact) mass is 366 g/mol. The molecule has 142 valence electrons. The van der Waals surface area contributed by atoms with Crippen LogP contribution in [0.15, 0.2) is 48.7 Å². The SMILES string of the molecule is O=C(CCC1CCNCC1)Nc1cccc(C(=O)NCc2ccccn2)c1. The number of amides is 2. The van der Waals surface area contributed by atoms with Crippen molar-refractivity contribution in [1.82, 2.24) is 15.6 Å². The van der Waals surface area contributed by atoms with Crippen LogP contribution in [0, 0.1) is 5.92 Å². The van der Waals surface area contributed by atoms with Crippen LogP contribution in [0.4, 0.5) is 5.69 Å². The highest BCUT2D eigenvalue weighted by Crippen LogP contribution is 2.18. The van der Waals surface area contributed by atoms with Crippen LogP contribution >= 0.6 is 0 Å². The Morgan fingerprint density at radius 1 is 1.11 bits per heavy atom. The summed E-state index contributed by atoms with van der Waals surface area (Å²) >= 11 is 0. The number of rotatable bonds is 7. The topological polar surface area (TPSA) is 83.1 Å². The molecule has 0 bridgehead atoms. The van der Waals surface area contributed by atoms with E-state index in [1.54, 1.807) is 30.5 Å². The molecular formula is C21H26N4O2. The summed E-state index contributed by atoms with van der Waals surface area (Å²) in [6.07, 6.45) is 5.40. The van der Waals surface area contributed by atoms with Crippen molar-refractivity contribution in [2.45, 2.75) is 32.2 Å². The van der Waals surface area contributed by atoms with Gasteiger partial charge in [-0.2, -0.15) is 0 Å². The Kier molecular flexibility index (Phi) is 6.93. The lowest BCUT2D eigenvalue weighted by atomic mass is 9.93. The molecule has 27 heavy (non-hydrogen) atoms. The first-order valence-corrected chi connectivity index (χ1v) is 9.49. The summed E-state index contributed by atoms with van der Waals surface area (Å²) in [7, 11) is 0. The van der Waals surface area contributed by atoms with Gasteiger partial charge in [0.15, 0.2) is 0 Å². The van der Waals surface area contributed by atoms with Crippen LogP contribution in [-0.4, -0.2) is 29.9 Å². The van der Waals surface area contributed by atoms with E-state index >= 15 is 0 Å². The highest BCUT2D eigenvalue weighted by Gasteiger charge is 2.15. The van der Waals surface area contributed by atoms with Crippen molar-refractivity contribution >= 4 is 17.5 Å². The number of hydrogen-bond acceptors (Lipinski definition) is 4. The zero-order valence-corrected chi connectivity index (χ0v) is 15.4. The Balaban J connectivity index is 1.48. The molecule has 2 amide bonds. The minimum Gasteiger partial charge on any atom is -0.346 e. The molecule has 1 fully saturated rings. The third-order valence-electron chi connectivity index (χ3n) is 4.80. The number of nitrogens with one attached hydrogen (secondary N) is 3. The summed E-state index contributed by atoms with van der Waals surface area (Å²) in [5, 5.41) is 9.08. The van der Waals surface area contributed by atoms with Gasteiger partial charge in [-0.1, -0.05) is 12.1 Å². The standard InChI is InChI=1S/C21H26N4O2/c26-20(8-7-16-9-12-22-13-10-16)25-18-6-3-4-17(14-18)21(27)24-15-19-5-1-2-11-23-19/h1-6,11,14,16,22H,7-10,12-13,15H2,(H,24,27)(H,25,26). The third-order valence-corrected chi connectivity index (χ3v) is 4.80. The molecule has 1 aromatic carbocycles. The number of nitrogens with zero attached hydrogens (tertiary/aromatic N) is 1. The van der Waals surface area contributed by atoms with Gasteiger partial charge in [0.2, 0.25) is 5.91 Å². The maximum atomic E-state index is 12.3. The number of aromatic nitrogens is 1. The van der Waals surface area contributed by atoms with Gasteiger partial charge in [0, 0.05) is 23.9 Å². The van der Waals surface area contributed by atoms with E-state index in [2.05, 4.69) is 20.9 Å². The first-order chi connectivity index (χ1) is 13.2. The molecule has 3 rings (SSSR count). The van der Waals surface area contributed by atoms with Gasteiger partial charge in [-0.05, 0) is 68.6 Å². The van der Waals surface area contributed by atoms with Crippen molar-refractivity contribution in [3.63, 3.8) is 0 Å². The van der Waals surface area contributed by atoms with Crippen LogP contribution in [0.1, 0.15) is 41.7 Å². The van der Waals surface area contributed by atoms with E-state index in [0.717, 1.165) is 38.0 Å². The van der Waals surface area contributed by atoms with Gasteiger partial charge in [-0.25, -0.2) is 0 Å². The molecular weight excluding hydrogens is 340 g/mol. The predicted octanol–water partition coefficient (Wildman–Crippen LogP) is 2.73. The average Bonchev–Trinajstić information content (AvgIpc) is 2.72. The summed E-state index contributed by atoms with van der Waals surface area (Å²) in [4.78, 5) is 28.7. The number of pyridine rings is 1. The molecule has 1 saturated heterocycles. The van der Waals surface area contributed by atoms with E-state index in [9.17, 15) is 9.59 Å². The van der Waals surface area contributed by atoms with E-state index in [1.165, 1.54) is 0 Å². The molecule has 2 aromatic rings. The van der Waals surface area contributed by atoms with Crippen LogP contribution in [0.3, 0.4) is 0 Å². The van der Waals surface area contributed by atoms with Crippen molar-refractivity contribution in [3.8, 4) is 0 Å². The second-order valence-electron chi connectivity index (χ2n) is 6.86. The third kappa shape index (κ3) is 6.18. The molecule has 2 heterocycles. The summed E-state index contributed by atoms with van der Waals surface area (Å²) in [6, 6.07) is 12.6. The van der Waals surface area contributed by atoms with E-state index in [-0.39, 0.29) is 11.8 Å². The molecule has 0 saturated carbocycles. The number of anilines is 1. The largest absolute Gasteiger partial charge is 0.346 e. The van der Waals surface area contributed by atoms with Crippen LogP contribution in [0.2, 0.25) is 0 Å². The molecule has 0 radical (unpaired) electrons. The zero-order valence-electron chi connectivity index (χ0n) is 15.4. The second-order valence-corrected chi connectivity index (χ2v) is 6.86. The summed E-state index contributed by atoms with van der Waals surface area (Å²) in [5.74, 6) is 0.437. The molecule has 1 aliphatic rings. The number of carbonyl (C=O) groups excluding carboxylic acids is 2. The highest BCUT2D eigenvalue weighted by molar-refractivity contribution is 5.97. The van der Waals surface area contributed by atoms with Crippen molar-refractivity contribution in [3.05, 3.63) is 59.9 Å². The Hall–Kier alpha value is -2.73. The molecule has 0 atom stereocenters. The molecule has 6 heteroatoms. The van der Waals surface area contributed by atoms with Gasteiger partial charge < -0.3 is 16.0 Å². The minimum atomic E-state index is -0.188. The van der Waals surface area contributed by atoms with Crippen molar-refractivity contribution in [1.29, 1.82) is 0 Å². The Bertz CT molecular complexity index is 758. The number of benzene rings is 1. The molecule has 0 spiro atoms. The van der Waals surface area contributed by atoms with Gasteiger partial charge in [0.25, 0.3) is 5.91 Å². The van der Waals surface area contributed by atoms with Gasteiger partial charge >= 0.3 is 0 Å². The van der Waals surface area contributed by atoms with Crippen LogP contribution in [-0.2, 0) is 11.3 Å². The average molecular weight is 366 g/mol. The van der Waals surface area contributed by atoms with E-state index in [4.69, 9.17) is 0 Å². The summed E-state index contributed by atoms with van der Waals surface area (Å²) in [5.41, 5.74) is 1.96.